The largest absolute Gasteiger partial charge is 0.381 e. The van der Waals surface area contributed by atoms with Crippen molar-refractivity contribution in [2.45, 2.75) is 38.5 Å². The van der Waals surface area contributed by atoms with Crippen molar-refractivity contribution in [3.63, 3.8) is 0 Å². The fraction of sp³-hybridized carbons (Fsp3) is 0.727. The Labute approximate surface area is 94.2 Å². The molecule has 0 radical (unpaired) electrons. The average molecular weight is 224 g/mol. The number of Topliss-reactive ketones (excluding diaryl/α,β-unsaturated/α-hetero) is 1. The van der Waals surface area contributed by atoms with E-state index < -0.39 is 0 Å². The molecule has 1 aliphatic carbocycles. The predicted molar refractivity (Wildman–Crippen MR) is 56.1 cm³/mol. The molecule has 88 valence electrons. The van der Waals surface area contributed by atoms with Gasteiger partial charge in [0.2, 0.25) is 5.89 Å². The maximum absolute atomic E-state index is 11.5. The zero-order valence-electron chi connectivity index (χ0n) is 9.44. The van der Waals surface area contributed by atoms with Crippen molar-refractivity contribution in [1.29, 1.82) is 0 Å². The lowest BCUT2D eigenvalue weighted by Crippen LogP contribution is -2.05. The molecule has 1 heterocycles. The van der Waals surface area contributed by atoms with Gasteiger partial charge in [0.25, 0.3) is 0 Å². The van der Waals surface area contributed by atoms with Gasteiger partial charge in [-0.25, -0.2) is 0 Å². The van der Waals surface area contributed by atoms with Gasteiger partial charge in [-0.1, -0.05) is 5.16 Å². The Hall–Kier alpha value is -1.23. The van der Waals surface area contributed by atoms with Crippen LogP contribution in [0.4, 0.5) is 0 Å². The van der Waals surface area contributed by atoms with Crippen LogP contribution in [0, 0.1) is 0 Å². The van der Waals surface area contributed by atoms with Crippen molar-refractivity contribution in [3.05, 3.63) is 11.7 Å². The van der Waals surface area contributed by atoms with Crippen molar-refractivity contribution in [2.24, 2.45) is 0 Å². The Morgan fingerprint density at radius 1 is 1.56 bits per heavy atom. The lowest BCUT2D eigenvalue weighted by atomic mass is 10.1. The van der Waals surface area contributed by atoms with Crippen LogP contribution in [0.5, 0.6) is 0 Å². The Morgan fingerprint density at radius 2 is 2.44 bits per heavy atom. The van der Waals surface area contributed by atoms with E-state index in [9.17, 15) is 4.79 Å². The smallest absolute Gasteiger partial charge is 0.237 e. The van der Waals surface area contributed by atoms with Crippen LogP contribution in [0.2, 0.25) is 0 Å². The normalized spacial score (nSPS) is 20.6. The zero-order valence-corrected chi connectivity index (χ0v) is 9.44. The molecule has 1 aliphatic rings. The summed E-state index contributed by atoms with van der Waals surface area (Å²) < 4.78 is 10.3. The highest BCUT2D eigenvalue weighted by atomic mass is 16.5. The van der Waals surface area contributed by atoms with Gasteiger partial charge in [-0.05, 0) is 19.8 Å². The van der Waals surface area contributed by atoms with Gasteiger partial charge < -0.3 is 9.26 Å². The first kappa shape index (κ1) is 11.3. The molecule has 0 aromatic carbocycles. The second kappa shape index (κ2) is 5.21. The van der Waals surface area contributed by atoms with E-state index in [2.05, 4.69) is 10.1 Å². The van der Waals surface area contributed by atoms with Gasteiger partial charge in [-0.15, -0.1) is 0 Å². The average Bonchev–Trinajstić information content (AvgIpc) is 2.87. The number of aromatic nitrogens is 2. The standard InChI is InChI=1S/C11H16N2O3/c1-2-15-7-6-10-12-11(16-13-10)8-4-3-5-9(8)14/h8H,2-7H2,1H3. The number of rotatable bonds is 5. The number of hydrogen-bond donors (Lipinski definition) is 0. The van der Waals surface area contributed by atoms with Crippen LogP contribution in [-0.4, -0.2) is 29.1 Å². The minimum absolute atomic E-state index is 0.159. The minimum atomic E-state index is -0.159. The second-order valence-electron chi connectivity index (χ2n) is 3.91. The number of ketones is 1. The summed E-state index contributed by atoms with van der Waals surface area (Å²) in [4.78, 5) is 15.7. The third kappa shape index (κ3) is 2.47. The van der Waals surface area contributed by atoms with Gasteiger partial charge in [0, 0.05) is 19.4 Å². The molecule has 1 unspecified atom stereocenters. The summed E-state index contributed by atoms with van der Waals surface area (Å²) in [7, 11) is 0. The molecule has 0 spiro atoms. The van der Waals surface area contributed by atoms with E-state index in [1.54, 1.807) is 0 Å². The van der Waals surface area contributed by atoms with Gasteiger partial charge in [-0.3, -0.25) is 4.79 Å². The van der Waals surface area contributed by atoms with Crippen LogP contribution in [0.3, 0.4) is 0 Å². The predicted octanol–water partition coefficient (Wildman–Crippen LogP) is 1.49. The fourth-order valence-corrected chi connectivity index (χ4v) is 1.90. The first-order valence-corrected chi connectivity index (χ1v) is 5.74. The Bertz CT molecular complexity index is 362. The molecular formula is C11H16N2O3. The van der Waals surface area contributed by atoms with Crippen LogP contribution in [0.15, 0.2) is 4.52 Å². The molecule has 5 heteroatoms. The highest BCUT2D eigenvalue weighted by Gasteiger charge is 2.30. The number of ether oxygens (including phenoxy) is 1. The van der Waals surface area contributed by atoms with Gasteiger partial charge >= 0.3 is 0 Å². The van der Waals surface area contributed by atoms with Crippen LogP contribution in [-0.2, 0) is 16.0 Å². The van der Waals surface area contributed by atoms with E-state index in [0.717, 1.165) is 12.8 Å². The van der Waals surface area contributed by atoms with E-state index in [0.29, 0.717) is 37.8 Å². The number of carbonyl (C=O) groups is 1. The molecule has 1 saturated carbocycles. The summed E-state index contributed by atoms with van der Waals surface area (Å²) in [6, 6.07) is 0. The SMILES string of the molecule is CCOCCc1noc(C2CCCC2=O)n1. The summed E-state index contributed by atoms with van der Waals surface area (Å²) in [5.41, 5.74) is 0. The maximum Gasteiger partial charge on any atom is 0.237 e. The highest BCUT2D eigenvalue weighted by molar-refractivity contribution is 5.86. The van der Waals surface area contributed by atoms with Crippen LogP contribution >= 0.6 is 0 Å². The summed E-state index contributed by atoms with van der Waals surface area (Å²) in [5.74, 6) is 1.17. The van der Waals surface area contributed by atoms with Crippen molar-refractivity contribution in [2.75, 3.05) is 13.2 Å². The quantitative estimate of drug-likeness (QED) is 0.709. The third-order valence-corrected chi connectivity index (χ3v) is 2.76. The molecule has 1 fully saturated rings. The molecular weight excluding hydrogens is 208 g/mol. The number of hydrogen-bond acceptors (Lipinski definition) is 5. The highest BCUT2D eigenvalue weighted by Crippen LogP contribution is 2.29. The van der Waals surface area contributed by atoms with Crippen LogP contribution < -0.4 is 0 Å². The molecule has 16 heavy (non-hydrogen) atoms. The van der Waals surface area contributed by atoms with E-state index in [4.69, 9.17) is 9.26 Å². The summed E-state index contributed by atoms with van der Waals surface area (Å²) in [6.45, 7) is 3.22. The van der Waals surface area contributed by atoms with Crippen LogP contribution in [0.1, 0.15) is 43.8 Å². The van der Waals surface area contributed by atoms with Gasteiger partial charge in [-0.2, -0.15) is 4.98 Å². The topological polar surface area (TPSA) is 65.2 Å². The van der Waals surface area contributed by atoms with Gasteiger partial charge in [0.05, 0.1) is 12.5 Å². The van der Waals surface area contributed by atoms with Gasteiger partial charge in [0.15, 0.2) is 5.82 Å². The number of nitrogens with zero attached hydrogens (tertiary/aromatic N) is 2. The number of carbonyl (C=O) groups excluding carboxylic acids is 1. The lowest BCUT2D eigenvalue weighted by molar-refractivity contribution is -0.119. The van der Waals surface area contributed by atoms with Crippen molar-refractivity contribution in [3.8, 4) is 0 Å². The Morgan fingerprint density at radius 3 is 3.12 bits per heavy atom. The maximum atomic E-state index is 11.5. The fourth-order valence-electron chi connectivity index (χ4n) is 1.90. The van der Waals surface area contributed by atoms with Crippen molar-refractivity contribution < 1.29 is 14.1 Å². The first-order chi connectivity index (χ1) is 7.81. The monoisotopic (exact) mass is 224 g/mol. The molecule has 0 N–H and O–H groups in total. The molecule has 1 atom stereocenters. The second-order valence-corrected chi connectivity index (χ2v) is 3.91. The van der Waals surface area contributed by atoms with E-state index in [-0.39, 0.29) is 11.7 Å². The lowest BCUT2D eigenvalue weighted by Gasteiger charge is -1.98. The Kier molecular flexibility index (Phi) is 3.66. The van der Waals surface area contributed by atoms with E-state index in [1.165, 1.54) is 0 Å². The molecule has 1 aromatic heterocycles. The first-order valence-electron chi connectivity index (χ1n) is 5.74. The molecule has 0 bridgehead atoms. The molecule has 0 saturated heterocycles. The molecule has 1 aromatic rings. The summed E-state index contributed by atoms with van der Waals surface area (Å²) >= 11 is 0. The van der Waals surface area contributed by atoms with Crippen molar-refractivity contribution in [1.82, 2.24) is 10.1 Å². The molecule has 5 nitrogen and oxygen atoms in total. The zero-order chi connectivity index (χ0) is 11.4. The van der Waals surface area contributed by atoms with Crippen molar-refractivity contribution >= 4 is 5.78 Å². The van der Waals surface area contributed by atoms with Gasteiger partial charge in [0.1, 0.15) is 5.78 Å². The summed E-state index contributed by atoms with van der Waals surface area (Å²) in [5, 5.41) is 3.85. The molecule has 2 rings (SSSR count). The van der Waals surface area contributed by atoms with E-state index in [1.807, 2.05) is 6.92 Å². The summed E-state index contributed by atoms with van der Waals surface area (Å²) in [6.07, 6.45) is 3.05. The van der Waals surface area contributed by atoms with E-state index >= 15 is 0 Å². The Balaban J connectivity index is 1.93. The minimum Gasteiger partial charge on any atom is -0.381 e. The third-order valence-electron chi connectivity index (χ3n) is 2.76. The molecule has 0 amide bonds. The molecule has 0 aliphatic heterocycles. The van der Waals surface area contributed by atoms with Crippen LogP contribution in [0.25, 0.3) is 0 Å².